The lowest BCUT2D eigenvalue weighted by Crippen LogP contribution is -2.34. The van der Waals surface area contributed by atoms with Gasteiger partial charge in [-0.25, -0.2) is 0 Å². The van der Waals surface area contributed by atoms with Gasteiger partial charge in [-0.3, -0.25) is 4.79 Å². The number of hydrogen-bond donors (Lipinski definition) is 0. The number of unbranched alkanes of at least 4 members (excludes halogenated alkanes) is 3. The molecule has 0 atom stereocenters. The van der Waals surface area contributed by atoms with E-state index in [1.54, 1.807) is 4.90 Å². The van der Waals surface area contributed by atoms with Crippen LogP contribution < -0.4 is 4.74 Å². The highest BCUT2D eigenvalue weighted by Gasteiger charge is 2.19. The van der Waals surface area contributed by atoms with Crippen LogP contribution in [0.15, 0.2) is 54.6 Å². The highest BCUT2D eigenvalue weighted by atomic mass is 16.5. The first-order valence-corrected chi connectivity index (χ1v) is 10.2. The highest BCUT2D eigenvalue weighted by molar-refractivity contribution is 5.97. The monoisotopic (exact) mass is 378 g/mol. The molecule has 2 aromatic rings. The van der Waals surface area contributed by atoms with Crippen molar-refractivity contribution in [2.75, 3.05) is 19.7 Å². The van der Waals surface area contributed by atoms with Gasteiger partial charge >= 0.3 is 0 Å². The summed E-state index contributed by atoms with van der Waals surface area (Å²) in [4.78, 5) is 14.9. The maximum atomic E-state index is 13.2. The molecule has 0 unspecified atom stereocenters. The molecule has 0 N–H and O–H groups in total. The van der Waals surface area contributed by atoms with E-state index in [9.17, 15) is 4.79 Å². The molecule has 0 spiro atoms. The smallest absolute Gasteiger partial charge is 0.257 e. The molecule has 2 aromatic carbocycles. The summed E-state index contributed by atoms with van der Waals surface area (Å²) in [7, 11) is 0. The Morgan fingerprint density at radius 2 is 1.75 bits per heavy atom. The number of carbonyl (C=O) groups excluding carboxylic acids is 1. The van der Waals surface area contributed by atoms with Crippen LogP contribution in [0.5, 0.6) is 5.75 Å². The second-order valence-electron chi connectivity index (χ2n) is 6.84. The number of nitriles is 1. The summed E-state index contributed by atoms with van der Waals surface area (Å²) >= 11 is 0. The van der Waals surface area contributed by atoms with E-state index in [0.717, 1.165) is 19.3 Å². The van der Waals surface area contributed by atoms with Crippen molar-refractivity contribution in [3.63, 3.8) is 0 Å². The highest BCUT2D eigenvalue weighted by Crippen LogP contribution is 2.21. The van der Waals surface area contributed by atoms with E-state index in [-0.39, 0.29) is 5.91 Å². The molecule has 0 bridgehead atoms. The van der Waals surface area contributed by atoms with Crippen LogP contribution in [-0.4, -0.2) is 30.5 Å². The van der Waals surface area contributed by atoms with Crippen molar-refractivity contribution in [1.29, 1.82) is 5.26 Å². The Bertz CT molecular complexity index is 753. The predicted molar refractivity (Wildman–Crippen MR) is 112 cm³/mol. The third-order valence-corrected chi connectivity index (χ3v) is 4.67. The van der Waals surface area contributed by atoms with Crippen molar-refractivity contribution in [2.45, 2.75) is 45.4 Å². The van der Waals surface area contributed by atoms with Gasteiger partial charge in [0.25, 0.3) is 5.91 Å². The lowest BCUT2D eigenvalue weighted by molar-refractivity contribution is 0.0756. The van der Waals surface area contributed by atoms with Gasteiger partial charge in [0.1, 0.15) is 5.75 Å². The van der Waals surface area contributed by atoms with Crippen molar-refractivity contribution >= 4 is 5.91 Å². The summed E-state index contributed by atoms with van der Waals surface area (Å²) < 4.78 is 5.91. The Morgan fingerprint density at radius 1 is 1.00 bits per heavy atom. The molecule has 0 fully saturated rings. The second kappa shape index (κ2) is 12.6. The van der Waals surface area contributed by atoms with Gasteiger partial charge in [-0.2, -0.15) is 5.26 Å². The summed E-state index contributed by atoms with van der Waals surface area (Å²) in [5, 5.41) is 8.98. The SMILES string of the molecule is CCCCCCOc1ccccc1C(=O)N(CCC#N)CCc1ccccc1. The standard InChI is InChI=1S/C24H30N2O2/c1-2-3-4-10-20-28-23-15-9-8-14-22(23)24(27)26(18-11-17-25)19-16-21-12-6-5-7-13-21/h5-9,12-15H,2-4,10-11,16,18-20H2,1H3. The number of carbonyl (C=O) groups is 1. The maximum Gasteiger partial charge on any atom is 0.257 e. The van der Waals surface area contributed by atoms with E-state index in [2.05, 4.69) is 25.1 Å². The normalized spacial score (nSPS) is 10.3. The van der Waals surface area contributed by atoms with Gasteiger partial charge < -0.3 is 9.64 Å². The van der Waals surface area contributed by atoms with Crippen molar-refractivity contribution in [1.82, 2.24) is 4.90 Å². The molecule has 28 heavy (non-hydrogen) atoms. The zero-order valence-corrected chi connectivity index (χ0v) is 16.8. The van der Waals surface area contributed by atoms with Crippen LogP contribution in [0.2, 0.25) is 0 Å². The second-order valence-corrected chi connectivity index (χ2v) is 6.84. The molecule has 0 heterocycles. The topological polar surface area (TPSA) is 53.3 Å². The van der Waals surface area contributed by atoms with Gasteiger partial charge in [-0.05, 0) is 30.5 Å². The molecule has 0 radical (unpaired) electrons. The predicted octanol–water partition coefficient (Wildman–Crippen LogP) is 5.24. The fourth-order valence-electron chi connectivity index (χ4n) is 3.06. The van der Waals surface area contributed by atoms with E-state index in [0.29, 0.717) is 37.4 Å². The van der Waals surface area contributed by atoms with Crippen LogP contribution in [-0.2, 0) is 6.42 Å². The van der Waals surface area contributed by atoms with Crippen LogP contribution in [0.25, 0.3) is 0 Å². The molecule has 0 aliphatic carbocycles. The summed E-state index contributed by atoms with van der Waals surface area (Å²) in [5.41, 5.74) is 1.75. The molecule has 0 aromatic heterocycles. The molecular formula is C24H30N2O2. The van der Waals surface area contributed by atoms with Crippen molar-refractivity contribution < 1.29 is 9.53 Å². The number of rotatable bonds is 12. The Hall–Kier alpha value is -2.80. The van der Waals surface area contributed by atoms with Crippen molar-refractivity contribution in [3.8, 4) is 11.8 Å². The molecule has 4 heteroatoms. The summed E-state index contributed by atoms with van der Waals surface area (Å²) in [6, 6.07) is 19.7. The van der Waals surface area contributed by atoms with Crippen LogP contribution >= 0.6 is 0 Å². The number of ether oxygens (including phenoxy) is 1. The first kappa shape index (κ1) is 21.5. The lowest BCUT2D eigenvalue weighted by atomic mass is 10.1. The van der Waals surface area contributed by atoms with Gasteiger partial charge in [0, 0.05) is 13.1 Å². The molecular weight excluding hydrogens is 348 g/mol. The first-order valence-electron chi connectivity index (χ1n) is 10.2. The molecule has 2 rings (SSSR count). The van der Waals surface area contributed by atoms with Crippen molar-refractivity contribution in [3.05, 3.63) is 65.7 Å². The third-order valence-electron chi connectivity index (χ3n) is 4.67. The Kier molecular flexibility index (Phi) is 9.65. The Balaban J connectivity index is 2.04. The molecule has 0 saturated carbocycles. The molecule has 148 valence electrons. The number of amides is 1. The van der Waals surface area contributed by atoms with E-state index < -0.39 is 0 Å². The Labute approximate surface area is 168 Å². The minimum atomic E-state index is -0.0738. The van der Waals surface area contributed by atoms with Gasteiger partial charge in [-0.15, -0.1) is 0 Å². The van der Waals surface area contributed by atoms with Gasteiger partial charge in [-0.1, -0.05) is 68.7 Å². The van der Waals surface area contributed by atoms with E-state index in [4.69, 9.17) is 10.00 Å². The summed E-state index contributed by atoms with van der Waals surface area (Å²) in [6.07, 6.45) is 5.59. The maximum absolute atomic E-state index is 13.2. The lowest BCUT2D eigenvalue weighted by Gasteiger charge is -2.23. The summed E-state index contributed by atoms with van der Waals surface area (Å²) in [6.45, 7) is 3.80. The van der Waals surface area contributed by atoms with Gasteiger partial charge in [0.05, 0.1) is 24.7 Å². The number of hydrogen-bond acceptors (Lipinski definition) is 3. The molecule has 4 nitrogen and oxygen atoms in total. The molecule has 0 saturated heterocycles. The zero-order chi connectivity index (χ0) is 20.0. The van der Waals surface area contributed by atoms with Gasteiger partial charge in [0.15, 0.2) is 0 Å². The van der Waals surface area contributed by atoms with Crippen LogP contribution in [0, 0.1) is 11.3 Å². The van der Waals surface area contributed by atoms with Crippen LogP contribution in [0.1, 0.15) is 54.9 Å². The van der Waals surface area contributed by atoms with Crippen LogP contribution in [0.3, 0.4) is 0 Å². The number of para-hydroxylation sites is 1. The van der Waals surface area contributed by atoms with Crippen LogP contribution in [0.4, 0.5) is 0 Å². The first-order chi connectivity index (χ1) is 13.8. The minimum absolute atomic E-state index is 0.0738. The number of nitrogens with zero attached hydrogens (tertiary/aromatic N) is 2. The fourth-order valence-corrected chi connectivity index (χ4v) is 3.06. The van der Waals surface area contributed by atoms with Gasteiger partial charge in [0.2, 0.25) is 0 Å². The minimum Gasteiger partial charge on any atom is -0.493 e. The van der Waals surface area contributed by atoms with Crippen molar-refractivity contribution in [2.24, 2.45) is 0 Å². The molecule has 1 amide bonds. The average Bonchev–Trinajstić information content (AvgIpc) is 2.74. The zero-order valence-electron chi connectivity index (χ0n) is 16.8. The van der Waals surface area contributed by atoms with E-state index in [1.165, 1.54) is 18.4 Å². The average molecular weight is 379 g/mol. The largest absolute Gasteiger partial charge is 0.493 e. The Morgan fingerprint density at radius 3 is 2.50 bits per heavy atom. The number of benzene rings is 2. The third kappa shape index (κ3) is 7.08. The van der Waals surface area contributed by atoms with E-state index >= 15 is 0 Å². The fraction of sp³-hybridized carbons (Fsp3) is 0.417. The molecule has 0 aliphatic heterocycles. The molecule has 0 aliphatic rings. The summed E-state index contributed by atoms with van der Waals surface area (Å²) in [5.74, 6) is 0.556. The quantitative estimate of drug-likeness (QED) is 0.474. The van der Waals surface area contributed by atoms with E-state index in [1.807, 2.05) is 42.5 Å².